The van der Waals surface area contributed by atoms with Crippen LogP contribution in [0.3, 0.4) is 0 Å². The van der Waals surface area contributed by atoms with Gasteiger partial charge in [-0.15, -0.1) is 0 Å². The molecule has 3 aliphatic rings. The van der Waals surface area contributed by atoms with Gasteiger partial charge in [-0.2, -0.15) is 0 Å². The molecule has 1 saturated heterocycles. The van der Waals surface area contributed by atoms with E-state index in [-0.39, 0.29) is 12.1 Å². The van der Waals surface area contributed by atoms with Crippen molar-refractivity contribution in [2.75, 3.05) is 25.0 Å². The zero-order valence-corrected chi connectivity index (χ0v) is 17.5. The molecule has 29 heavy (non-hydrogen) atoms. The smallest absolute Gasteiger partial charge is 0.319 e. The van der Waals surface area contributed by atoms with Crippen molar-refractivity contribution in [2.45, 2.75) is 63.6 Å². The second-order valence-corrected chi connectivity index (χ2v) is 8.79. The quantitative estimate of drug-likeness (QED) is 0.769. The van der Waals surface area contributed by atoms with Crippen LogP contribution in [-0.2, 0) is 16.8 Å². The third-order valence-corrected chi connectivity index (χ3v) is 6.74. The molecule has 8 heteroatoms. The first-order chi connectivity index (χ1) is 14.1. The zero-order valence-electron chi connectivity index (χ0n) is 16.7. The molecule has 0 bridgehead atoms. The van der Waals surface area contributed by atoms with Gasteiger partial charge in [0.15, 0.2) is 5.58 Å². The van der Waals surface area contributed by atoms with Crippen molar-refractivity contribution in [3.05, 3.63) is 22.5 Å². The lowest BCUT2D eigenvalue weighted by Gasteiger charge is -2.42. The summed E-state index contributed by atoms with van der Waals surface area (Å²) in [4.78, 5) is 19.4. The number of urea groups is 1. The number of halogens is 1. The SMILES string of the molecule is CCOC1CCN(Cc2nc3cc(Cl)c4c(c3o2)C2(CCCCC2)NC(=O)N4)C1. The Hall–Kier alpha value is -1.83. The summed E-state index contributed by atoms with van der Waals surface area (Å²) in [5.41, 5.74) is 2.71. The van der Waals surface area contributed by atoms with Crippen LogP contribution in [0.1, 0.15) is 56.9 Å². The minimum Gasteiger partial charge on any atom is -0.439 e. The van der Waals surface area contributed by atoms with Crippen LogP contribution in [0.2, 0.25) is 5.02 Å². The van der Waals surface area contributed by atoms with Crippen molar-refractivity contribution in [3.8, 4) is 0 Å². The summed E-state index contributed by atoms with van der Waals surface area (Å²) >= 11 is 6.57. The number of fused-ring (bicyclic) bond motifs is 4. The number of rotatable bonds is 4. The molecule has 2 amide bonds. The number of likely N-dealkylation sites (tertiary alicyclic amines) is 1. The molecule has 2 aromatic rings. The van der Waals surface area contributed by atoms with E-state index < -0.39 is 5.54 Å². The van der Waals surface area contributed by atoms with E-state index in [0.717, 1.165) is 68.5 Å². The van der Waals surface area contributed by atoms with Gasteiger partial charge >= 0.3 is 6.03 Å². The van der Waals surface area contributed by atoms with E-state index >= 15 is 0 Å². The fourth-order valence-electron chi connectivity index (χ4n) is 5.19. The molecule has 1 atom stereocenters. The Morgan fingerprint density at radius 2 is 2.21 bits per heavy atom. The summed E-state index contributed by atoms with van der Waals surface area (Å²) in [5, 5.41) is 6.60. The average Bonchev–Trinajstić information content (AvgIpc) is 3.29. The lowest BCUT2D eigenvalue weighted by molar-refractivity contribution is 0.0676. The Bertz CT molecular complexity index is 938. The number of anilines is 1. The molecule has 2 fully saturated rings. The monoisotopic (exact) mass is 418 g/mol. The van der Waals surface area contributed by atoms with Gasteiger partial charge in [-0.05, 0) is 32.3 Å². The Kier molecular flexibility index (Phi) is 4.92. The molecule has 1 aliphatic carbocycles. The average molecular weight is 419 g/mol. The van der Waals surface area contributed by atoms with Crippen molar-refractivity contribution in [2.24, 2.45) is 0 Å². The largest absolute Gasteiger partial charge is 0.439 e. The summed E-state index contributed by atoms with van der Waals surface area (Å²) < 4.78 is 12.0. The van der Waals surface area contributed by atoms with Crippen molar-refractivity contribution < 1.29 is 13.9 Å². The minimum atomic E-state index is -0.427. The maximum absolute atomic E-state index is 12.4. The normalized spacial score (nSPS) is 23.9. The predicted molar refractivity (Wildman–Crippen MR) is 111 cm³/mol. The number of benzene rings is 1. The topological polar surface area (TPSA) is 79.6 Å². The van der Waals surface area contributed by atoms with Gasteiger partial charge in [-0.25, -0.2) is 9.78 Å². The van der Waals surface area contributed by atoms with Crippen LogP contribution in [-0.4, -0.2) is 41.7 Å². The number of hydrogen-bond acceptors (Lipinski definition) is 5. The Balaban J connectivity index is 1.52. The number of carbonyl (C=O) groups is 1. The fourth-order valence-corrected chi connectivity index (χ4v) is 5.43. The standard InChI is InChI=1S/C21H27ClN4O3/c1-2-28-13-6-9-26(11-13)12-16-23-15-10-14(22)18-17(19(15)29-16)21(25-20(27)24-18)7-4-3-5-8-21/h10,13H,2-9,11-12H2,1H3,(H2,24,25,27). The highest BCUT2D eigenvalue weighted by Gasteiger charge is 2.44. The van der Waals surface area contributed by atoms with Crippen LogP contribution in [0, 0.1) is 0 Å². The van der Waals surface area contributed by atoms with Gasteiger partial charge in [0.1, 0.15) is 5.52 Å². The maximum Gasteiger partial charge on any atom is 0.319 e. The van der Waals surface area contributed by atoms with Crippen molar-refractivity contribution in [1.29, 1.82) is 0 Å². The number of amides is 2. The van der Waals surface area contributed by atoms with E-state index in [1.807, 2.05) is 6.92 Å². The molecular weight excluding hydrogens is 392 g/mol. The number of nitrogens with one attached hydrogen (secondary N) is 2. The van der Waals surface area contributed by atoms with Crippen LogP contribution in [0.5, 0.6) is 0 Å². The van der Waals surface area contributed by atoms with E-state index in [9.17, 15) is 4.79 Å². The van der Waals surface area contributed by atoms with Crippen LogP contribution in [0.25, 0.3) is 11.1 Å². The van der Waals surface area contributed by atoms with E-state index in [4.69, 9.17) is 25.7 Å². The van der Waals surface area contributed by atoms with E-state index in [0.29, 0.717) is 23.1 Å². The van der Waals surface area contributed by atoms with Crippen molar-refractivity contribution in [1.82, 2.24) is 15.2 Å². The number of ether oxygens (including phenoxy) is 1. The highest BCUT2D eigenvalue weighted by atomic mass is 35.5. The van der Waals surface area contributed by atoms with Gasteiger partial charge in [0.05, 0.1) is 28.9 Å². The van der Waals surface area contributed by atoms with Gasteiger partial charge in [0, 0.05) is 25.3 Å². The van der Waals surface area contributed by atoms with Crippen molar-refractivity contribution in [3.63, 3.8) is 0 Å². The van der Waals surface area contributed by atoms with Crippen LogP contribution in [0.4, 0.5) is 10.5 Å². The summed E-state index contributed by atoms with van der Waals surface area (Å²) in [6.45, 7) is 5.30. The molecule has 2 aliphatic heterocycles. The lowest BCUT2D eigenvalue weighted by Crippen LogP contribution is -2.52. The number of hydrogen-bond donors (Lipinski definition) is 2. The number of aromatic nitrogens is 1. The summed E-state index contributed by atoms with van der Waals surface area (Å²) in [6.07, 6.45) is 6.43. The van der Waals surface area contributed by atoms with E-state index in [1.165, 1.54) is 6.42 Å². The Morgan fingerprint density at radius 1 is 1.38 bits per heavy atom. The van der Waals surface area contributed by atoms with Gasteiger partial charge in [0.2, 0.25) is 5.89 Å². The predicted octanol–water partition coefficient (Wildman–Crippen LogP) is 4.39. The summed E-state index contributed by atoms with van der Waals surface area (Å²) in [7, 11) is 0. The second-order valence-electron chi connectivity index (χ2n) is 8.39. The van der Waals surface area contributed by atoms with Crippen molar-refractivity contribution >= 4 is 34.4 Å². The number of carbonyl (C=O) groups excluding carboxylic acids is 1. The molecule has 7 nitrogen and oxygen atoms in total. The summed E-state index contributed by atoms with van der Waals surface area (Å²) in [6, 6.07) is 1.61. The first-order valence-electron chi connectivity index (χ1n) is 10.6. The van der Waals surface area contributed by atoms with Crippen LogP contribution in [0.15, 0.2) is 10.5 Å². The number of nitrogens with zero attached hydrogens (tertiary/aromatic N) is 2. The highest BCUT2D eigenvalue weighted by Crippen LogP contribution is 2.48. The van der Waals surface area contributed by atoms with Crippen LogP contribution < -0.4 is 10.6 Å². The highest BCUT2D eigenvalue weighted by molar-refractivity contribution is 6.35. The molecule has 3 heterocycles. The fraction of sp³-hybridized carbons (Fsp3) is 0.619. The van der Waals surface area contributed by atoms with Gasteiger partial charge in [-0.3, -0.25) is 4.90 Å². The maximum atomic E-state index is 12.4. The molecule has 1 aromatic carbocycles. The molecule has 5 rings (SSSR count). The summed E-state index contributed by atoms with van der Waals surface area (Å²) in [5.74, 6) is 0.685. The first kappa shape index (κ1) is 19.2. The molecular formula is C21H27ClN4O3. The molecule has 1 aromatic heterocycles. The third kappa shape index (κ3) is 3.39. The number of oxazole rings is 1. The van der Waals surface area contributed by atoms with Crippen LogP contribution >= 0.6 is 11.6 Å². The van der Waals surface area contributed by atoms with Gasteiger partial charge in [-0.1, -0.05) is 30.9 Å². The van der Waals surface area contributed by atoms with E-state index in [1.54, 1.807) is 6.07 Å². The Labute approximate surface area is 175 Å². The molecule has 2 N–H and O–H groups in total. The van der Waals surface area contributed by atoms with Gasteiger partial charge < -0.3 is 19.8 Å². The lowest BCUT2D eigenvalue weighted by atomic mass is 9.74. The molecule has 0 radical (unpaired) electrons. The Morgan fingerprint density at radius 3 is 3.00 bits per heavy atom. The first-order valence-corrected chi connectivity index (χ1v) is 11.0. The molecule has 1 saturated carbocycles. The molecule has 156 valence electrons. The van der Waals surface area contributed by atoms with Gasteiger partial charge in [0.25, 0.3) is 0 Å². The second kappa shape index (κ2) is 7.45. The van der Waals surface area contributed by atoms with E-state index in [2.05, 4.69) is 15.5 Å². The molecule has 1 spiro atoms. The minimum absolute atomic E-state index is 0.195. The zero-order chi connectivity index (χ0) is 20.0. The molecule has 1 unspecified atom stereocenters. The third-order valence-electron chi connectivity index (χ3n) is 6.44.